The summed E-state index contributed by atoms with van der Waals surface area (Å²) in [6, 6.07) is 2.11. The van der Waals surface area contributed by atoms with Gasteiger partial charge in [-0.3, -0.25) is 4.79 Å². The van der Waals surface area contributed by atoms with Crippen molar-refractivity contribution < 1.29 is 31.1 Å². The molecule has 0 radical (unpaired) electrons. The Hall–Kier alpha value is -1.30. The van der Waals surface area contributed by atoms with Crippen LogP contribution >= 0.6 is 23.4 Å². The monoisotopic (exact) mass is 442 g/mol. The lowest BCUT2D eigenvalue weighted by Gasteiger charge is -2.26. The molecule has 148 valence electrons. The molecule has 12 heteroatoms. The van der Waals surface area contributed by atoms with E-state index in [1.165, 1.54) is 12.0 Å². The Morgan fingerprint density at radius 2 is 2.11 bits per heavy atom. The summed E-state index contributed by atoms with van der Waals surface area (Å²) >= 11 is 7.16. The van der Waals surface area contributed by atoms with E-state index in [-0.39, 0.29) is 34.0 Å². The van der Waals surface area contributed by atoms with Crippen LogP contribution in [0.25, 0.3) is 0 Å². The second-order valence-electron chi connectivity index (χ2n) is 6.06. The van der Waals surface area contributed by atoms with Crippen LogP contribution in [0, 0.1) is 0 Å². The third kappa shape index (κ3) is 4.25. The highest BCUT2D eigenvalue weighted by molar-refractivity contribution is 8.16. The minimum atomic E-state index is -4.60. The number of sulfone groups is 1. The van der Waals surface area contributed by atoms with Crippen LogP contribution in [-0.4, -0.2) is 56.0 Å². The van der Waals surface area contributed by atoms with Crippen LogP contribution in [-0.2, 0) is 25.5 Å². The van der Waals surface area contributed by atoms with Crippen LogP contribution in [0.3, 0.4) is 0 Å². The van der Waals surface area contributed by atoms with Gasteiger partial charge < -0.3 is 9.64 Å². The smallest absolute Gasteiger partial charge is 0.375 e. The van der Waals surface area contributed by atoms with Crippen molar-refractivity contribution >= 4 is 50.0 Å². The Morgan fingerprint density at radius 3 is 2.74 bits per heavy atom. The molecule has 0 aliphatic carbocycles. The van der Waals surface area contributed by atoms with Crippen LogP contribution in [0.4, 0.5) is 18.9 Å². The van der Waals surface area contributed by atoms with Crippen molar-refractivity contribution in [1.29, 1.82) is 0 Å². The second-order valence-corrected chi connectivity index (χ2v) is 9.82. The molecule has 6 nitrogen and oxygen atoms in total. The van der Waals surface area contributed by atoms with Gasteiger partial charge in [0.25, 0.3) is 5.91 Å². The summed E-state index contributed by atoms with van der Waals surface area (Å²) < 4.78 is 68.0. The predicted octanol–water partition coefficient (Wildman–Crippen LogP) is 2.61. The van der Waals surface area contributed by atoms with E-state index >= 15 is 0 Å². The van der Waals surface area contributed by atoms with Crippen LogP contribution in [0.5, 0.6) is 0 Å². The topological polar surface area (TPSA) is 76.0 Å². The van der Waals surface area contributed by atoms with Crippen molar-refractivity contribution in [2.75, 3.05) is 30.1 Å². The highest BCUT2D eigenvalue weighted by Gasteiger charge is 2.50. The van der Waals surface area contributed by atoms with Gasteiger partial charge in [0.1, 0.15) is 6.61 Å². The zero-order valence-corrected chi connectivity index (χ0v) is 16.3. The van der Waals surface area contributed by atoms with Crippen molar-refractivity contribution in [2.45, 2.75) is 17.5 Å². The average Bonchev–Trinajstić information content (AvgIpc) is 2.98. The van der Waals surface area contributed by atoms with E-state index in [1.54, 1.807) is 0 Å². The number of amidine groups is 1. The highest BCUT2D eigenvalue weighted by atomic mass is 35.5. The molecule has 2 fully saturated rings. The number of benzene rings is 1. The number of ether oxygens (including phenoxy) is 1. The lowest BCUT2D eigenvalue weighted by molar-refractivity contribution is -0.137. The summed E-state index contributed by atoms with van der Waals surface area (Å²) in [4.78, 5) is 17.1. The average molecular weight is 443 g/mol. The highest BCUT2D eigenvalue weighted by Crippen LogP contribution is 2.44. The van der Waals surface area contributed by atoms with E-state index in [9.17, 15) is 26.4 Å². The Kier molecular flexibility index (Phi) is 5.50. The number of halogens is 4. The van der Waals surface area contributed by atoms with E-state index in [1.807, 2.05) is 0 Å². The fourth-order valence-electron chi connectivity index (χ4n) is 2.98. The summed E-state index contributed by atoms with van der Waals surface area (Å²) in [6.45, 7) is -0.304. The number of hydrogen-bond acceptors (Lipinski definition) is 5. The molecule has 3 rings (SSSR count). The van der Waals surface area contributed by atoms with Gasteiger partial charge >= 0.3 is 6.18 Å². The molecule has 0 N–H and O–H groups in total. The van der Waals surface area contributed by atoms with Gasteiger partial charge in [0, 0.05) is 12.4 Å². The fourth-order valence-corrected chi connectivity index (χ4v) is 7.11. The maximum atomic E-state index is 13.1. The molecule has 0 aromatic heterocycles. The zero-order valence-electron chi connectivity index (χ0n) is 13.9. The van der Waals surface area contributed by atoms with Crippen molar-refractivity contribution in [3.63, 3.8) is 0 Å². The number of carbonyl (C=O) groups is 1. The number of carbonyl (C=O) groups excluding carboxylic acids is 1. The molecule has 2 heterocycles. The second kappa shape index (κ2) is 7.26. The van der Waals surface area contributed by atoms with E-state index in [0.29, 0.717) is 0 Å². The summed E-state index contributed by atoms with van der Waals surface area (Å²) in [5.74, 6) is -1.03. The Balaban J connectivity index is 2.09. The van der Waals surface area contributed by atoms with Crippen molar-refractivity contribution in [1.82, 2.24) is 0 Å². The minimum absolute atomic E-state index is 0.000406. The summed E-state index contributed by atoms with van der Waals surface area (Å²) in [7, 11) is -2.04. The maximum Gasteiger partial charge on any atom is 0.416 e. The molecule has 0 bridgehead atoms. The molecule has 2 aliphatic rings. The minimum Gasteiger partial charge on any atom is -0.375 e. The molecule has 0 unspecified atom stereocenters. The number of aliphatic imine (C=N–C) groups is 1. The van der Waals surface area contributed by atoms with E-state index in [2.05, 4.69) is 4.99 Å². The first kappa shape index (κ1) is 20.4. The maximum absolute atomic E-state index is 13.1. The first-order valence-corrected chi connectivity index (χ1v) is 10.7. The fraction of sp³-hybridized carbons (Fsp3) is 0.467. The molecule has 0 spiro atoms. The summed E-state index contributed by atoms with van der Waals surface area (Å²) in [6.07, 6.45) is -4.60. The summed E-state index contributed by atoms with van der Waals surface area (Å²) in [5, 5.41) is -0.335. The van der Waals surface area contributed by atoms with Gasteiger partial charge in [-0.2, -0.15) is 18.2 Å². The molecule has 0 saturated carbocycles. The number of alkyl halides is 3. The third-order valence-corrected chi connectivity index (χ3v) is 7.62. The molecule has 1 aromatic carbocycles. The first-order chi connectivity index (χ1) is 12.5. The first-order valence-electron chi connectivity index (χ1n) is 7.65. The van der Waals surface area contributed by atoms with Gasteiger partial charge in [-0.05, 0) is 18.2 Å². The molecule has 1 amide bonds. The molecule has 27 heavy (non-hydrogen) atoms. The van der Waals surface area contributed by atoms with Crippen molar-refractivity contribution in [3.05, 3.63) is 28.8 Å². The Labute approximate surface area is 162 Å². The van der Waals surface area contributed by atoms with E-state index in [0.717, 1.165) is 30.0 Å². The normalized spacial score (nSPS) is 25.8. The van der Waals surface area contributed by atoms with Gasteiger partial charge in [-0.15, -0.1) is 0 Å². The Morgan fingerprint density at radius 1 is 1.41 bits per heavy atom. The molecule has 2 aliphatic heterocycles. The molecular weight excluding hydrogens is 429 g/mol. The molecule has 2 atom stereocenters. The number of amides is 1. The van der Waals surface area contributed by atoms with Crippen LogP contribution in [0.2, 0.25) is 5.02 Å². The van der Waals surface area contributed by atoms with Gasteiger partial charge in [-0.25, -0.2) is 8.42 Å². The van der Waals surface area contributed by atoms with Crippen molar-refractivity contribution in [3.8, 4) is 0 Å². The number of fused-ring (bicyclic) bond motifs is 1. The van der Waals surface area contributed by atoms with E-state index < -0.39 is 38.8 Å². The Bertz CT molecular complexity index is 905. The van der Waals surface area contributed by atoms with Crippen LogP contribution in [0.15, 0.2) is 23.2 Å². The van der Waals surface area contributed by atoms with Gasteiger partial charge in [0.05, 0.1) is 33.8 Å². The van der Waals surface area contributed by atoms with Crippen LogP contribution < -0.4 is 4.90 Å². The molecule has 2 saturated heterocycles. The number of methoxy groups -OCH3 is 1. The number of nitrogens with zero attached hydrogens (tertiary/aromatic N) is 2. The predicted molar refractivity (Wildman–Crippen MR) is 97.1 cm³/mol. The number of thioether (sulfide) groups is 1. The quantitative estimate of drug-likeness (QED) is 0.716. The zero-order chi connectivity index (χ0) is 20.0. The summed E-state index contributed by atoms with van der Waals surface area (Å²) in [5.41, 5.74) is -0.966. The number of anilines is 1. The lowest BCUT2D eigenvalue weighted by atomic mass is 10.1. The van der Waals surface area contributed by atoms with Gasteiger partial charge in [0.2, 0.25) is 0 Å². The largest absolute Gasteiger partial charge is 0.416 e. The van der Waals surface area contributed by atoms with Crippen molar-refractivity contribution in [2.24, 2.45) is 4.99 Å². The van der Waals surface area contributed by atoms with E-state index in [4.69, 9.17) is 16.3 Å². The van der Waals surface area contributed by atoms with Gasteiger partial charge in [-0.1, -0.05) is 23.4 Å². The SMILES string of the molecule is COCC(=O)N=C1S[C@H]2CS(=O)(=O)C[C@H]2N1c1cc(C(F)(F)F)ccc1Cl. The lowest BCUT2D eigenvalue weighted by Crippen LogP contribution is -2.38. The third-order valence-electron chi connectivity index (χ3n) is 4.09. The molecular formula is C15H14ClF3N2O4S2. The standard InChI is InChI=1S/C15H14ClF3N2O4S2/c1-25-5-13(22)20-14-21(11-6-27(23,24)7-12(11)26-14)10-4-8(15(17,18)19)2-3-9(10)16/h2-4,11-12H,5-7H2,1H3/t11-,12+/m1/s1. The molecule has 1 aromatic rings. The number of rotatable bonds is 3. The van der Waals surface area contributed by atoms with Gasteiger partial charge in [0.15, 0.2) is 15.0 Å². The number of hydrogen-bond donors (Lipinski definition) is 0. The van der Waals surface area contributed by atoms with Crippen LogP contribution in [0.1, 0.15) is 5.56 Å².